The monoisotopic (exact) mass is 426 g/mol. The molecule has 3 rings (SSSR count). The normalized spacial score (nSPS) is 10.7. The van der Waals surface area contributed by atoms with Crippen LogP contribution in [0.25, 0.3) is 0 Å². The van der Waals surface area contributed by atoms with E-state index in [0.717, 1.165) is 39.7 Å². The maximum Gasteiger partial charge on any atom is 0.355 e. The minimum atomic E-state index is -0.330. The lowest BCUT2D eigenvalue weighted by Gasteiger charge is -2.11. The van der Waals surface area contributed by atoms with E-state index in [9.17, 15) is 4.79 Å². The summed E-state index contributed by atoms with van der Waals surface area (Å²) >= 11 is 6.22. The number of carbonyl (C=O) groups excluding carboxylic acids is 1. The van der Waals surface area contributed by atoms with E-state index < -0.39 is 0 Å². The molecule has 1 aromatic heterocycles. The van der Waals surface area contributed by atoms with Gasteiger partial charge in [-0.3, -0.25) is 0 Å². The van der Waals surface area contributed by atoms with Crippen LogP contribution in [-0.2, 0) is 11.3 Å². The Balaban J connectivity index is 1.65. The molecule has 0 bridgehead atoms. The number of rotatable bonds is 9. The van der Waals surface area contributed by atoms with Crippen LogP contribution in [0.15, 0.2) is 54.7 Å². The van der Waals surface area contributed by atoms with Crippen molar-refractivity contribution in [2.45, 2.75) is 33.7 Å². The Morgan fingerprint density at radius 1 is 1.07 bits per heavy atom. The van der Waals surface area contributed by atoms with Gasteiger partial charge in [-0.1, -0.05) is 29.8 Å². The van der Waals surface area contributed by atoms with E-state index in [1.54, 1.807) is 6.92 Å². The van der Waals surface area contributed by atoms with E-state index in [1.807, 2.05) is 73.1 Å². The topological polar surface area (TPSA) is 52.5 Å². The lowest BCUT2D eigenvalue weighted by Crippen LogP contribution is -2.13. The number of aromatic nitrogens is 1. The Labute approximate surface area is 182 Å². The second-order valence-corrected chi connectivity index (χ2v) is 7.47. The number of esters is 1. The van der Waals surface area contributed by atoms with Gasteiger partial charge in [-0.15, -0.1) is 0 Å². The number of carbonyl (C=O) groups is 1. The molecule has 0 aliphatic carbocycles. The van der Waals surface area contributed by atoms with Crippen LogP contribution in [-0.4, -0.2) is 23.8 Å². The second-order valence-electron chi connectivity index (χ2n) is 7.09. The van der Waals surface area contributed by atoms with Crippen molar-refractivity contribution >= 4 is 28.9 Å². The van der Waals surface area contributed by atoms with Gasteiger partial charge in [-0.05, 0) is 68.7 Å². The highest BCUT2D eigenvalue weighted by Crippen LogP contribution is 2.26. The van der Waals surface area contributed by atoms with E-state index in [1.165, 1.54) is 0 Å². The molecular weight excluding hydrogens is 400 g/mol. The number of benzene rings is 2. The molecule has 0 atom stereocenters. The molecule has 6 heteroatoms. The Hall–Kier alpha value is -2.92. The van der Waals surface area contributed by atoms with Crippen molar-refractivity contribution in [3.63, 3.8) is 0 Å². The highest BCUT2D eigenvalue weighted by molar-refractivity contribution is 6.32. The molecule has 5 nitrogen and oxygen atoms in total. The molecule has 0 radical (unpaired) electrons. The fraction of sp³-hybridized carbons (Fsp3) is 0.292. The molecule has 1 heterocycles. The minimum Gasteiger partial charge on any atom is -0.494 e. The van der Waals surface area contributed by atoms with Crippen molar-refractivity contribution < 1.29 is 14.3 Å². The van der Waals surface area contributed by atoms with E-state index in [0.29, 0.717) is 25.5 Å². The first kappa shape index (κ1) is 21.8. The molecule has 2 aromatic carbocycles. The lowest BCUT2D eigenvalue weighted by atomic mass is 10.1. The van der Waals surface area contributed by atoms with Crippen LogP contribution < -0.4 is 10.1 Å². The number of halogens is 1. The third kappa shape index (κ3) is 5.57. The van der Waals surface area contributed by atoms with Crippen LogP contribution in [0.4, 0.5) is 11.4 Å². The highest BCUT2D eigenvalue weighted by atomic mass is 35.5. The zero-order valence-corrected chi connectivity index (χ0v) is 18.3. The van der Waals surface area contributed by atoms with Gasteiger partial charge < -0.3 is 19.4 Å². The maximum atomic E-state index is 12.4. The van der Waals surface area contributed by atoms with Crippen molar-refractivity contribution in [1.82, 2.24) is 4.57 Å². The maximum absolute atomic E-state index is 12.4. The summed E-state index contributed by atoms with van der Waals surface area (Å²) < 4.78 is 13.0. The van der Waals surface area contributed by atoms with Crippen LogP contribution in [0.5, 0.6) is 5.75 Å². The smallest absolute Gasteiger partial charge is 0.355 e. The minimum absolute atomic E-state index is 0.330. The number of anilines is 2. The number of ether oxygens (including phenoxy) is 2. The van der Waals surface area contributed by atoms with Gasteiger partial charge >= 0.3 is 5.97 Å². The summed E-state index contributed by atoms with van der Waals surface area (Å²) in [7, 11) is 0. The fourth-order valence-electron chi connectivity index (χ4n) is 3.24. The molecule has 0 spiro atoms. The van der Waals surface area contributed by atoms with Crippen molar-refractivity contribution in [1.29, 1.82) is 0 Å². The Morgan fingerprint density at radius 2 is 1.77 bits per heavy atom. The number of para-hydroxylation sites is 1. The van der Waals surface area contributed by atoms with Crippen molar-refractivity contribution in [2.75, 3.05) is 18.5 Å². The van der Waals surface area contributed by atoms with E-state index >= 15 is 0 Å². The van der Waals surface area contributed by atoms with Gasteiger partial charge in [0.05, 0.1) is 18.9 Å². The Bertz CT molecular complexity index is 976. The average Bonchev–Trinajstić information content (AvgIpc) is 3.13. The van der Waals surface area contributed by atoms with Gasteiger partial charge in [0.1, 0.15) is 11.4 Å². The Morgan fingerprint density at radius 3 is 2.43 bits per heavy atom. The average molecular weight is 427 g/mol. The molecule has 3 aromatic rings. The van der Waals surface area contributed by atoms with Crippen LogP contribution in [0, 0.1) is 13.8 Å². The molecule has 0 aliphatic rings. The number of nitrogens with zero attached hydrogens (tertiary/aromatic N) is 1. The quantitative estimate of drug-likeness (QED) is 0.329. The second kappa shape index (κ2) is 10.2. The summed E-state index contributed by atoms with van der Waals surface area (Å²) in [4.78, 5) is 12.4. The van der Waals surface area contributed by atoms with Crippen LogP contribution in [0.2, 0.25) is 5.02 Å². The van der Waals surface area contributed by atoms with E-state index in [2.05, 4.69) is 5.32 Å². The van der Waals surface area contributed by atoms with Crippen molar-refractivity contribution in [3.8, 4) is 5.75 Å². The molecule has 158 valence electrons. The lowest BCUT2D eigenvalue weighted by molar-refractivity contribution is 0.0513. The molecule has 1 N–H and O–H groups in total. The summed E-state index contributed by atoms with van der Waals surface area (Å²) in [5, 5.41) is 4.09. The Kier molecular flexibility index (Phi) is 7.41. The molecule has 0 unspecified atom stereocenters. The summed E-state index contributed by atoms with van der Waals surface area (Å²) in [6.07, 6.45) is 2.67. The predicted octanol–water partition coefficient (Wildman–Crippen LogP) is 6.15. The van der Waals surface area contributed by atoms with Gasteiger partial charge in [0.15, 0.2) is 0 Å². The molecule has 0 amide bonds. The first-order valence-corrected chi connectivity index (χ1v) is 10.4. The number of hydrogen-bond acceptors (Lipinski definition) is 4. The molecule has 30 heavy (non-hydrogen) atoms. The number of nitrogens with one attached hydrogen (secondary N) is 1. The first-order valence-electron chi connectivity index (χ1n) is 10.1. The van der Waals surface area contributed by atoms with Crippen LogP contribution in [0.3, 0.4) is 0 Å². The predicted molar refractivity (Wildman–Crippen MR) is 121 cm³/mol. The van der Waals surface area contributed by atoms with Crippen LogP contribution >= 0.6 is 11.6 Å². The summed E-state index contributed by atoms with van der Waals surface area (Å²) in [6, 6.07) is 15.5. The van der Waals surface area contributed by atoms with Gasteiger partial charge in [0, 0.05) is 23.5 Å². The highest BCUT2D eigenvalue weighted by Gasteiger charge is 2.15. The van der Waals surface area contributed by atoms with Crippen molar-refractivity contribution in [2.24, 2.45) is 0 Å². The standard InChI is InChI=1S/C24H27ClN2O3/c1-4-29-24(28)22-15-20(26-19-9-6-5-7-10-19)16-27(22)11-8-12-30-21-13-17(2)23(25)18(3)14-21/h5-7,9-10,13-16,26H,4,8,11-12H2,1-3H3. The number of aryl methyl sites for hydroxylation is 3. The third-order valence-corrected chi connectivity index (χ3v) is 5.26. The van der Waals surface area contributed by atoms with Crippen molar-refractivity contribution in [3.05, 3.63) is 76.6 Å². The fourth-order valence-corrected chi connectivity index (χ4v) is 3.35. The zero-order chi connectivity index (χ0) is 21.5. The van der Waals surface area contributed by atoms with E-state index in [-0.39, 0.29) is 5.97 Å². The van der Waals surface area contributed by atoms with Gasteiger partial charge in [0.25, 0.3) is 0 Å². The molecule has 0 aliphatic heterocycles. The van der Waals surface area contributed by atoms with Gasteiger partial charge in [-0.2, -0.15) is 0 Å². The molecule has 0 fully saturated rings. The van der Waals surface area contributed by atoms with E-state index in [4.69, 9.17) is 21.1 Å². The molecule has 0 saturated carbocycles. The zero-order valence-electron chi connectivity index (χ0n) is 17.6. The third-order valence-electron chi connectivity index (χ3n) is 4.67. The van der Waals surface area contributed by atoms with Gasteiger partial charge in [-0.25, -0.2) is 4.79 Å². The summed E-state index contributed by atoms with van der Waals surface area (Å²) in [5.74, 6) is 0.474. The summed E-state index contributed by atoms with van der Waals surface area (Å²) in [5.41, 5.74) is 4.32. The molecule has 0 saturated heterocycles. The molecular formula is C24H27ClN2O3. The first-order chi connectivity index (χ1) is 14.5. The SMILES string of the molecule is CCOC(=O)c1cc(Nc2ccccc2)cn1CCCOc1cc(C)c(Cl)c(C)c1. The summed E-state index contributed by atoms with van der Waals surface area (Å²) in [6.45, 7) is 7.24. The van der Waals surface area contributed by atoms with Crippen LogP contribution in [0.1, 0.15) is 35.0 Å². The number of hydrogen-bond donors (Lipinski definition) is 1. The largest absolute Gasteiger partial charge is 0.494 e. The van der Waals surface area contributed by atoms with Gasteiger partial charge in [0.2, 0.25) is 0 Å².